The van der Waals surface area contributed by atoms with Crippen molar-refractivity contribution in [1.29, 1.82) is 0 Å². The van der Waals surface area contributed by atoms with Crippen LogP contribution >= 0.6 is 12.6 Å². The Kier molecular flexibility index (Phi) is 3.83. The molecule has 0 aliphatic carbocycles. The molecule has 0 aromatic heterocycles. The molecule has 0 bridgehead atoms. The van der Waals surface area contributed by atoms with E-state index in [0.717, 1.165) is 5.56 Å². The van der Waals surface area contributed by atoms with Crippen LogP contribution in [0.25, 0.3) is 0 Å². The molecule has 2 N–H and O–H groups in total. The monoisotopic (exact) mass is 211 g/mol. The molecular weight excluding hydrogens is 198 g/mol. The third kappa shape index (κ3) is 2.67. The maximum absolute atomic E-state index is 11.3. The van der Waals surface area contributed by atoms with Crippen LogP contribution in [0.4, 0.5) is 5.69 Å². The Morgan fingerprint density at radius 1 is 1.64 bits per heavy atom. The van der Waals surface area contributed by atoms with Crippen molar-refractivity contribution in [3.63, 3.8) is 0 Å². The largest absolute Gasteiger partial charge is 0.465 e. The maximum atomic E-state index is 11.3. The lowest BCUT2D eigenvalue weighted by molar-refractivity contribution is -0.142. The Morgan fingerprint density at radius 2 is 2.36 bits per heavy atom. The van der Waals surface area contributed by atoms with Crippen molar-refractivity contribution in [3.05, 3.63) is 29.8 Å². The van der Waals surface area contributed by atoms with Crippen LogP contribution in [0.1, 0.15) is 17.7 Å². The third-order valence-electron chi connectivity index (χ3n) is 1.74. The number of carbonyl (C=O) groups excluding carboxylic acids is 1. The molecular formula is C10H13NO2S. The smallest absolute Gasteiger partial charge is 0.323 e. The number of hydrogen-bond donors (Lipinski definition) is 2. The number of anilines is 1. The number of ether oxygens (including phenoxy) is 1. The first kappa shape index (κ1) is 10.9. The average Bonchev–Trinajstić information content (AvgIpc) is 2.17. The molecule has 3 nitrogen and oxygen atoms in total. The number of rotatable bonds is 3. The quantitative estimate of drug-likeness (QED) is 0.455. The summed E-state index contributed by atoms with van der Waals surface area (Å²) in [6.45, 7) is 2.12. The van der Waals surface area contributed by atoms with Crippen LogP contribution in [0.2, 0.25) is 0 Å². The van der Waals surface area contributed by atoms with Crippen molar-refractivity contribution in [3.8, 4) is 0 Å². The van der Waals surface area contributed by atoms with Crippen LogP contribution < -0.4 is 5.73 Å². The second-order valence-electron chi connectivity index (χ2n) is 2.82. The molecule has 14 heavy (non-hydrogen) atoms. The number of benzene rings is 1. The molecule has 0 fully saturated rings. The number of hydrogen-bond acceptors (Lipinski definition) is 4. The molecule has 0 heterocycles. The summed E-state index contributed by atoms with van der Waals surface area (Å²) in [5.74, 6) is -0.346. The van der Waals surface area contributed by atoms with E-state index in [4.69, 9.17) is 10.5 Å². The van der Waals surface area contributed by atoms with Gasteiger partial charge in [-0.15, -0.1) is 0 Å². The van der Waals surface area contributed by atoms with Crippen LogP contribution in [0, 0.1) is 0 Å². The molecule has 0 saturated heterocycles. The van der Waals surface area contributed by atoms with Gasteiger partial charge in [0.05, 0.1) is 6.61 Å². The van der Waals surface area contributed by atoms with E-state index >= 15 is 0 Å². The minimum atomic E-state index is -0.557. The Bertz CT molecular complexity index is 328. The molecule has 76 valence electrons. The summed E-state index contributed by atoms with van der Waals surface area (Å²) in [5.41, 5.74) is 6.96. The van der Waals surface area contributed by atoms with Crippen molar-refractivity contribution in [1.82, 2.24) is 0 Å². The number of thiol groups is 1. The van der Waals surface area contributed by atoms with E-state index in [-0.39, 0.29) is 5.97 Å². The summed E-state index contributed by atoms with van der Waals surface area (Å²) in [4.78, 5) is 11.3. The highest BCUT2D eigenvalue weighted by Gasteiger charge is 2.16. The van der Waals surface area contributed by atoms with Gasteiger partial charge < -0.3 is 10.5 Å². The lowest BCUT2D eigenvalue weighted by Crippen LogP contribution is -2.11. The zero-order valence-corrected chi connectivity index (χ0v) is 8.83. The highest BCUT2D eigenvalue weighted by Crippen LogP contribution is 2.22. The van der Waals surface area contributed by atoms with Gasteiger partial charge >= 0.3 is 5.97 Å². The van der Waals surface area contributed by atoms with Crippen molar-refractivity contribution >= 4 is 24.3 Å². The minimum absolute atomic E-state index is 0.346. The average molecular weight is 211 g/mol. The van der Waals surface area contributed by atoms with E-state index in [1.165, 1.54) is 0 Å². The molecule has 0 aliphatic heterocycles. The molecule has 1 aromatic carbocycles. The van der Waals surface area contributed by atoms with E-state index < -0.39 is 5.25 Å². The summed E-state index contributed by atoms with van der Waals surface area (Å²) in [6, 6.07) is 7.06. The molecule has 0 radical (unpaired) electrons. The van der Waals surface area contributed by atoms with E-state index in [1.54, 1.807) is 31.2 Å². The van der Waals surface area contributed by atoms with Gasteiger partial charge in [-0.3, -0.25) is 4.79 Å². The maximum Gasteiger partial charge on any atom is 0.323 e. The van der Waals surface area contributed by atoms with E-state index in [0.29, 0.717) is 12.3 Å². The second-order valence-corrected chi connectivity index (χ2v) is 3.34. The Hall–Kier alpha value is -1.16. The Labute approximate surface area is 88.7 Å². The standard InChI is InChI=1S/C10H13NO2S/c1-2-13-10(12)9(14)7-4-3-5-8(11)6-7/h3-6,9,14H,2,11H2,1H3. The molecule has 1 rings (SSSR count). The van der Waals surface area contributed by atoms with Gasteiger partial charge in [-0.25, -0.2) is 0 Å². The number of esters is 1. The summed E-state index contributed by atoms with van der Waals surface area (Å²) >= 11 is 4.17. The fourth-order valence-electron chi connectivity index (χ4n) is 1.09. The molecule has 1 atom stereocenters. The first-order valence-electron chi connectivity index (χ1n) is 4.35. The predicted molar refractivity (Wildman–Crippen MR) is 59.2 cm³/mol. The topological polar surface area (TPSA) is 52.3 Å². The van der Waals surface area contributed by atoms with Crippen molar-refractivity contribution in [2.45, 2.75) is 12.2 Å². The van der Waals surface area contributed by atoms with Crippen LogP contribution in [-0.4, -0.2) is 12.6 Å². The predicted octanol–water partition coefficient (Wildman–Crippen LogP) is 1.80. The summed E-state index contributed by atoms with van der Waals surface area (Å²) in [6.07, 6.45) is 0. The van der Waals surface area contributed by atoms with Crippen molar-refractivity contribution < 1.29 is 9.53 Å². The summed E-state index contributed by atoms with van der Waals surface area (Å²) < 4.78 is 4.84. The molecule has 1 unspecified atom stereocenters. The SMILES string of the molecule is CCOC(=O)C(S)c1cccc(N)c1. The van der Waals surface area contributed by atoms with Gasteiger partial charge in [0.2, 0.25) is 0 Å². The van der Waals surface area contributed by atoms with Gasteiger partial charge in [-0.2, -0.15) is 12.6 Å². The molecule has 0 spiro atoms. The highest BCUT2D eigenvalue weighted by molar-refractivity contribution is 7.81. The second kappa shape index (κ2) is 4.91. The number of nitrogens with two attached hydrogens (primary N) is 1. The first-order chi connectivity index (χ1) is 6.65. The number of nitrogen functional groups attached to an aromatic ring is 1. The fourth-order valence-corrected chi connectivity index (χ4v) is 1.32. The van der Waals surface area contributed by atoms with E-state index in [2.05, 4.69) is 12.6 Å². The van der Waals surface area contributed by atoms with Crippen molar-refractivity contribution in [2.75, 3.05) is 12.3 Å². The zero-order chi connectivity index (χ0) is 10.6. The molecule has 4 heteroatoms. The normalized spacial score (nSPS) is 12.1. The van der Waals surface area contributed by atoms with Gasteiger partial charge in [-0.05, 0) is 24.6 Å². The minimum Gasteiger partial charge on any atom is -0.465 e. The van der Waals surface area contributed by atoms with Crippen LogP contribution in [0.15, 0.2) is 24.3 Å². The van der Waals surface area contributed by atoms with Gasteiger partial charge in [0.1, 0.15) is 5.25 Å². The van der Waals surface area contributed by atoms with Gasteiger partial charge in [-0.1, -0.05) is 12.1 Å². The van der Waals surface area contributed by atoms with E-state index in [9.17, 15) is 4.79 Å². The Morgan fingerprint density at radius 3 is 2.93 bits per heavy atom. The van der Waals surface area contributed by atoms with Crippen LogP contribution in [0.5, 0.6) is 0 Å². The molecule has 0 saturated carbocycles. The zero-order valence-electron chi connectivity index (χ0n) is 7.93. The number of carbonyl (C=O) groups is 1. The van der Waals surface area contributed by atoms with Gasteiger partial charge in [0.15, 0.2) is 0 Å². The molecule has 0 aliphatic rings. The van der Waals surface area contributed by atoms with Gasteiger partial charge in [0.25, 0.3) is 0 Å². The van der Waals surface area contributed by atoms with Crippen molar-refractivity contribution in [2.24, 2.45) is 0 Å². The lowest BCUT2D eigenvalue weighted by Gasteiger charge is -2.10. The van der Waals surface area contributed by atoms with Crippen LogP contribution in [-0.2, 0) is 9.53 Å². The van der Waals surface area contributed by atoms with E-state index in [1.807, 2.05) is 0 Å². The lowest BCUT2D eigenvalue weighted by atomic mass is 10.1. The summed E-state index contributed by atoms with van der Waals surface area (Å²) in [5, 5.41) is -0.557. The highest BCUT2D eigenvalue weighted by atomic mass is 32.1. The summed E-state index contributed by atoms with van der Waals surface area (Å²) in [7, 11) is 0. The molecule has 1 aromatic rings. The molecule has 0 amide bonds. The van der Waals surface area contributed by atoms with Crippen LogP contribution in [0.3, 0.4) is 0 Å². The van der Waals surface area contributed by atoms with Gasteiger partial charge in [0, 0.05) is 5.69 Å². The Balaban J connectivity index is 2.78. The fraction of sp³-hybridized carbons (Fsp3) is 0.300. The third-order valence-corrected chi connectivity index (χ3v) is 2.25. The first-order valence-corrected chi connectivity index (χ1v) is 4.87.